The third-order valence-corrected chi connectivity index (χ3v) is 4.74. The Balaban J connectivity index is 2.12. The van der Waals surface area contributed by atoms with Gasteiger partial charge in [0.05, 0.1) is 5.69 Å². The van der Waals surface area contributed by atoms with Gasteiger partial charge in [0.2, 0.25) is 0 Å². The minimum Gasteiger partial charge on any atom is -0.347 e. The SMILES string of the molecule is CCCc1nc(N2CCCN(C)CC2)sc1CNC. The van der Waals surface area contributed by atoms with Crippen LogP contribution in [0.4, 0.5) is 5.13 Å². The Morgan fingerprint density at radius 2 is 2.11 bits per heavy atom. The topological polar surface area (TPSA) is 31.4 Å². The van der Waals surface area contributed by atoms with E-state index in [1.807, 2.05) is 18.4 Å². The van der Waals surface area contributed by atoms with Gasteiger partial charge in [0.1, 0.15) is 0 Å². The first-order valence-corrected chi connectivity index (χ1v) is 8.13. The molecule has 1 saturated heterocycles. The van der Waals surface area contributed by atoms with Crippen molar-refractivity contribution in [2.24, 2.45) is 0 Å². The fraction of sp³-hybridized carbons (Fsp3) is 0.786. The maximum atomic E-state index is 4.89. The first-order chi connectivity index (χ1) is 9.24. The zero-order valence-corrected chi connectivity index (χ0v) is 13.2. The van der Waals surface area contributed by atoms with Crippen molar-refractivity contribution in [3.8, 4) is 0 Å². The summed E-state index contributed by atoms with van der Waals surface area (Å²) in [6.07, 6.45) is 3.50. The van der Waals surface area contributed by atoms with Crippen LogP contribution < -0.4 is 10.2 Å². The molecule has 1 aliphatic rings. The van der Waals surface area contributed by atoms with Crippen LogP contribution in [0.25, 0.3) is 0 Å². The predicted octanol–water partition coefficient (Wildman–Crippen LogP) is 1.96. The molecule has 1 fully saturated rings. The Morgan fingerprint density at radius 1 is 1.26 bits per heavy atom. The quantitative estimate of drug-likeness (QED) is 0.894. The second-order valence-corrected chi connectivity index (χ2v) is 6.35. The number of anilines is 1. The number of hydrogen-bond acceptors (Lipinski definition) is 5. The number of hydrogen-bond donors (Lipinski definition) is 1. The highest BCUT2D eigenvalue weighted by Crippen LogP contribution is 2.28. The first kappa shape index (κ1) is 14.8. The number of nitrogens with one attached hydrogen (secondary N) is 1. The molecule has 1 aromatic rings. The molecule has 2 rings (SSSR count). The monoisotopic (exact) mass is 282 g/mol. The Morgan fingerprint density at radius 3 is 2.84 bits per heavy atom. The molecule has 0 radical (unpaired) electrons. The fourth-order valence-electron chi connectivity index (χ4n) is 2.47. The largest absolute Gasteiger partial charge is 0.347 e. The normalized spacial score (nSPS) is 17.7. The molecule has 5 heteroatoms. The maximum Gasteiger partial charge on any atom is 0.185 e. The third-order valence-electron chi connectivity index (χ3n) is 3.58. The molecule has 0 spiro atoms. The van der Waals surface area contributed by atoms with E-state index in [1.165, 1.54) is 35.1 Å². The predicted molar refractivity (Wildman–Crippen MR) is 83.2 cm³/mol. The van der Waals surface area contributed by atoms with E-state index in [-0.39, 0.29) is 0 Å². The van der Waals surface area contributed by atoms with Gasteiger partial charge in [-0.3, -0.25) is 0 Å². The Hall–Kier alpha value is -0.650. The van der Waals surface area contributed by atoms with Gasteiger partial charge < -0.3 is 15.1 Å². The van der Waals surface area contributed by atoms with Crippen LogP contribution >= 0.6 is 11.3 Å². The highest BCUT2D eigenvalue weighted by Gasteiger charge is 2.18. The summed E-state index contributed by atoms with van der Waals surface area (Å²) in [4.78, 5) is 11.2. The molecule has 108 valence electrons. The van der Waals surface area contributed by atoms with E-state index in [9.17, 15) is 0 Å². The summed E-state index contributed by atoms with van der Waals surface area (Å²) < 4.78 is 0. The number of likely N-dealkylation sites (N-methyl/N-ethyl adjacent to an activating group) is 1. The molecule has 0 aromatic carbocycles. The minimum atomic E-state index is 0.945. The van der Waals surface area contributed by atoms with E-state index in [4.69, 9.17) is 4.98 Å². The van der Waals surface area contributed by atoms with Crippen LogP contribution in [-0.2, 0) is 13.0 Å². The van der Waals surface area contributed by atoms with Gasteiger partial charge in [-0.05, 0) is 33.5 Å². The van der Waals surface area contributed by atoms with E-state index < -0.39 is 0 Å². The second-order valence-electron chi connectivity index (χ2n) is 5.29. The van der Waals surface area contributed by atoms with E-state index in [2.05, 4.69) is 29.1 Å². The van der Waals surface area contributed by atoms with Gasteiger partial charge in [-0.15, -0.1) is 11.3 Å². The second kappa shape index (κ2) is 7.22. The lowest BCUT2D eigenvalue weighted by Crippen LogP contribution is -2.28. The van der Waals surface area contributed by atoms with Crippen molar-refractivity contribution in [3.05, 3.63) is 10.6 Å². The molecule has 1 aromatic heterocycles. The van der Waals surface area contributed by atoms with Gasteiger partial charge in [-0.25, -0.2) is 4.98 Å². The Labute approximate surface area is 120 Å². The average molecular weight is 282 g/mol. The fourth-order valence-corrected chi connectivity index (χ4v) is 3.64. The number of aryl methyl sites for hydroxylation is 1. The standard InChI is InChI=1S/C14H26N4S/c1-4-6-12-13(11-15-2)19-14(16-12)18-8-5-7-17(3)9-10-18/h15H,4-11H2,1-3H3. The summed E-state index contributed by atoms with van der Waals surface area (Å²) in [7, 11) is 4.22. The van der Waals surface area contributed by atoms with Crippen molar-refractivity contribution in [1.29, 1.82) is 0 Å². The molecule has 1 N–H and O–H groups in total. The molecule has 0 saturated carbocycles. The van der Waals surface area contributed by atoms with E-state index in [0.717, 1.165) is 32.6 Å². The maximum absolute atomic E-state index is 4.89. The van der Waals surface area contributed by atoms with Crippen molar-refractivity contribution in [3.63, 3.8) is 0 Å². The summed E-state index contributed by atoms with van der Waals surface area (Å²) in [5.41, 5.74) is 1.30. The van der Waals surface area contributed by atoms with Crippen molar-refractivity contribution < 1.29 is 0 Å². The Bertz CT molecular complexity index is 367. The van der Waals surface area contributed by atoms with Crippen molar-refractivity contribution in [2.75, 3.05) is 45.2 Å². The summed E-state index contributed by atoms with van der Waals surface area (Å²) >= 11 is 1.87. The van der Waals surface area contributed by atoms with Gasteiger partial charge >= 0.3 is 0 Å². The molecule has 2 heterocycles. The highest BCUT2D eigenvalue weighted by molar-refractivity contribution is 7.15. The van der Waals surface area contributed by atoms with Crippen molar-refractivity contribution >= 4 is 16.5 Å². The zero-order chi connectivity index (χ0) is 13.7. The van der Waals surface area contributed by atoms with E-state index in [1.54, 1.807) is 0 Å². The van der Waals surface area contributed by atoms with Crippen LogP contribution in [0.1, 0.15) is 30.3 Å². The van der Waals surface area contributed by atoms with Crippen LogP contribution in [-0.4, -0.2) is 50.2 Å². The van der Waals surface area contributed by atoms with E-state index in [0.29, 0.717) is 0 Å². The minimum absolute atomic E-state index is 0.945. The molecule has 0 amide bonds. The smallest absolute Gasteiger partial charge is 0.185 e. The number of thiazole rings is 1. The van der Waals surface area contributed by atoms with Gasteiger partial charge in [-0.1, -0.05) is 13.3 Å². The van der Waals surface area contributed by atoms with Crippen LogP contribution in [0, 0.1) is 0 Å². The molecule has 0 atom stereocenters. The van der Waals surface area contributed by atoms with Crippen LogP contribution in [0.2, 0.25) is 0 Å². The highest BCUT2D eigenvalue weighted by atomic mass is 32.1. The van der Waals surface area contributed by atoms with Gasteiger partial charge in [0.25, 0.3) is 0 Å². The molecule has 4 nitrogen and oxygen atoms in total. The van der Waals surface area contributed by atoms with Gasteiger partial charge in [0.15, 0.2) is 5.13 Å². The zero-order valence-electron chi connectivity index (χ0n) is 12.4. The molecule has 1 aliphatic heterocycles. The van der Waals surface area contributed by atoms with Crippen molar-refractivity contribution in [2.45, 2.75) is 32.7 Å². The average Bonchev–Trinajstić information content (AvgIpc) is 2.65. The van der Waals surface area contributed by atoms with Crippen LogP contribution in [0.15, 0.2) is 0 Å². The summed E-state index contributed by atoms with van der Waals surface area (Å²) in [6, 6.07) is 0. The lowest BCUT2D eigenvalue weighted by molar-refractivity contribution is 0.360. The molecule has 0 unspecified atom stereocenters. The lowest BCUT2D eigenvalue weighted by atomic mass is 10.2. The van der Waals surface area contributed by atoms with Crippen LogP contribution in [0.3, 0.4) is 0 Å². The van der Waals surface area contributed by atoms with Gasteiger partial charge in [-0.2, -0.15) is 0 Å². The summed E-state index contributed by atoms with van der Waals surface area (Å²) in [6.45, 7) is 7.76. The molecule has 0 bridgehead atoms. The number of nitrogens with zero attached hydrogens (tertiary/aromatic N) is 3. The number of aromatic nitrogens is 1. The molecule has 19 heavy (non-hydrogen) atoms. The summed E-state index contributed by atoms with van der Waals surface area (Å²) in [5, 5.41) is 4.49. The summed E-state index contributed by atoms with van der Waals surface area (Å²) in [5.74, 6) is 0. The molecule has 0 aliphatic carbocycles. The third kappa shape index (κ3) is 3.91. The number of rotatable bonds is 5. The first-order valence-electron chi connectivity index (χ1n) is 7.31. The van der Waals surface area contributed by atoms with Crippen molar-refractivity contribution in [1.82, 2.24) is 15.2 Å². The Kier molecular flexibility index (Phi) is 5.60. The van der Waals surface area contributed by atoms with E-state index >= 15 is 0 Å². The molecular formula is C14H26N4S. The van der Waals surface area contributed by atoms with Crippen LogP contribution in [0.5, 0.6) is 0 Å². The lowest BCUT2D eigenvalue weighted by Gasteiger charge is -2.19. The van der Waals surface area contributed by atoms with Gasteiger partial charge in [0, 0.05) is 31.1 Å². The molecular weight excluding hydrogens is 256 g/mol.